The molecule has 1 aliphatic carbocycles. The van der Waals surface area contributed by atoms with Crippen molar-refractivity contribution in [3.05, 3.63) is 76.5 Å². The molecule has 33 heavy (non-hydrogen) atoms. The van der Waals surface area contributed by atoms with Crippen LogP contribution in [0.1, 0.15) is 88.3 Å². The Bertz CT molecular complexity index is 1060. The Morgan fingerprint density at radius 3 is 2.39 bits per heavy atom. The first kappa shape index (κ1) is 23.3. The highest BCUT2D eigenvalue weighted by Gasteiger charge is 2.39. The molecule has 0 saturated carbocycles. The fourth-order valence-electron chi connectivity index (χ4n) is 4.94. The SMILES string of the molecule is CCCCOc1ccccc1C1CC(=O)NC2=C1C(=O)CC(c1ccc(C(C)(C)C)cc1)C2. The number of carbonyl (C=O) groups excluding carboxylic acids is 2. The lowest BCUT2D eigenvalue weighted by Gasteiger charge is -2.35. The number of benzene rings is 2. The zero-order valence-corrected chi connectivity index (χ0v) is 20.2. The summed E-state index contributed by atoms with van der Waals surface area (Å²) in [5.41, 5.74) is 5.02. The fraction of sp³-hybridized carbons (Fsp3) is 0.448. The van der Waals surface area contributed by atoms with E-state index < -0.39 is 0 Å². The van der Waals surface area contributed by atoms with Gasteiger partial charge in [0, 0.05) is 35.6 Å². The van der Waals surface area contributed by atoms with E-state index in [9.17, 15) is 9.59 Å². The second kappa shape index (κ2) is 9.54. The number of amides is 1. The van der Waals surface area contributed by atoms with Crippen LogP contribution in [0.4, 0.5) is 0 Å². The van der Waals surface area contributed by atoms with Crippen molar-refractivity contribution in [2.75, 3.05) is 6.61 Å². The van der Waals surface area contributed by atoms with Gasteiger partial charge >= 0.3 is 0 Å². The Balaban J connectivity index is 1.63. The Labute approximate surface area is 197 Å². The molecule has 1 heterocycles. The van der Waals surface area contributed by atoms with E-state index in [2.05, 4.69) is 57.3 Å². The first-order valence-corrected chi connectivity index (χ1v) is 12.2. The van der Waals surface area contributed by atoms with Gasteiger partial charge in [-0.05, 0) is 41.4 Å². The maximum atomic E-state index is 13.5. The smallest absolute Gasteiger partial charge is 0.225 e. The average Bonchev–Trinajstić information content (AvgIpc) is 2.78. The molecule has 2 atom stereocenters. The Morgan fingerprint density at radius 1 is 0.970 bits per heavy atom. The molecule has 174 valence electrons. The van der Waals surface area contributed by atoms with Crippen LogP contribution < -0.4 is 10.1 Å². The number of Topliss-reactive ketones (excluding diaryl/α,β-unsaturated/α-hetero) is 1. The molecule has 0 aromatic heterocycles. The van der Waals surface area contributed by atoms with Gasteiger partial charge in [-0.15, -0.1) is 0 Å². The molecular formula is C29H35NO3. The maximum Gasteiger partial charge on any atom is 0.225 e. The van der Waals surface area contributed by atoms with Crippen molar-refractivity contribution in [1.29, 1.82) is 0 Å². The summed E-state index contributed by atoms with van der Waals surface area (Å²) in [6.07, 6.45) is 3.46. The maximum absolute atomic E-state index is 13.5. The van der Waals surface area contributed by atoms with Crippen LogP contribution in [0, 0.1) is 0 Å². The third-order valence-corrected chi connectivity index (χ3v) is 6.83. The summed E-state index contributed by atoms with van der Waals surface area (Å²) in [6, 6.07) is 16.5. The van der Waals surface area contributed by atoms with E-state index in [4.69, 9.17) is 4.74 Å². The number of para-hydroxylation sites is 1. The molecule has 2 unspecified atom stereocenters. The van der Waals surface area contributed by atoms with E-state index in [1.807, 2.05) is 24.3 Å². The van der Waals surface area contributed by atoms with Gasteiger partial charge < -0.3 is 10.1 Å². The van der Waals surface area contributed by atoms with Gasteiger partial charge in [-0.3, -0.25) is 9.59 Å². The number of unbranched alkanes of at least 4 members (excludes halogenated alkanes) is 1. The van der Waals surface area contributed by atoms with Gasteiger partial charge in [0.05, 0.1) is 6.61 Å². The summed E-state index contributed by atoms with van der Waals surface area (Å²) in [5.74, 6) is 0.724. The highest BCUT2D eigenvalue weighted by Crippen LogP contribution is 2.44. The number of rotatable bonds is 6. The molecule has 4 nitrogen and oxygen atoms in total. The van der Waals surface area contributed by atoms with Crippen LogP contribution in [0.3, 0.4) is 0 Å². The number of allylic oxidation sites excluding steroid dienone is 2. The first-order chi connectivity index (χ1) is 15.8. The molecular weight excluding hydrogens is 410 g/mol. The molecule has 1 aliphatic heterocycles. The van der Waals surface area contributed by atoms with Crippen molar-refractivity contribution in [3.8, 4) is 5.75 Å². The van der Waals surface area contributed by atoms with Crippen molar-refractivity contribution in [2.45, 2.75) is 77.0 Å². The molecule has 1 amide bonds. The van der Waals surface area contributed by atoms with Gasteiger partial charge in [0.25, 0.3) is 0 Å². The van der Waals surface area contributed by atoms with Crippen molar-refractivity contribution >= 4 is 11.7 Å². The minimum Gasteiger partial charge on any atom is -0.493 e. The van der Waals surface area contributed by atoms with E-state index in [0.29, 0.717) is 19.4 Å². The minimum atomic E-state index is -0.247. The molecule has 0 spiro atoms. The van der Waals surface area contributed by atoms with Crippen LogP contribution in [-0.2, 0) is 15.0 Å². The quantitative estimate of drug-likeness (QED) is 0.541. The predicted octanol–water partition coefficient (Wildman–Crippen LogP) is 6.17. The zero-order valence-electron chi connectivity index (χ0n) is 20.2. The predicted molar refractivity (Wildman–Crippen MR) is 131 cm³/mol. The summed E-state index contributed by atoms with van der Waals surface area (Å²) in [5, 5.41) is 3.03. The molecule has 1 N–H and O–H groups in total. The summed E-state index contributed by atoms with van der Waals surface area (Å²) >= 11 is 0. The second-order valence-corrected chi connectivity index (χ2v) is 10.3. The van der Waals surface area contributed by atoms with E-state index in [1.54, 1.807) is 0 Å². The highest BCUT2D eigenvalue weighted by molar-refractivity contribution is 6.02. The number of ketones is 1. The lowest BCUT2D eigenvalue weighted by atomic mass is 9.73. The number of hydrogen-bond acceptors (Lipinski definition) is 3. The third-order valence-electron chi connectivity index (χ3n) is 6.83. The third kappa shape index (κ3) is 5.05. The summed E-state index contributed by atoms with van der Waals surface area (Å²) in [6.45, 7) is 9.37. The van der Waals surface area contributed by atoms with E-state index in [-0.39, 0.29) is 35.4 Å². The van der Waals surface area contributed by atoms with Crippen molar-refractivity contribution in [2.24, 2.45) is 0 Å². The van der Waals surface area contributed by atoms with Gasteiger partial charge in [-0.2, -0.15) is 0 Å². The van der Waals surface area contributed by atoms with Crippen LogP contribution in [0.5, 0.6) is 5.75 Å². The number of carbonyl (C=O) groups is 2. The first-order valence-electron chi connectivity index (χ1n) is 12.2. The van der Waals surface area contributed by atoms with Gasteiger partial charge in [-0.25, -0.2) is 0 Å². The Hall–Kier alpha value is -2.88. The number of ether oxygens (including phenoxy) is 1. The molecule has 4 rings (SSSR count). The molecule has 2 aromatic carbocycles. The molecule has 2 aliphatic rings. The molecule has 0 radical (unpaired) electrons. The van der Waals surface area contributed by atoms with Crippen LogP contribution in [-0.4, -0.2) is 18.3 Å². The van der Waals surface area contributed by atoms with Crippen molar-refractivity contribution < 1.29 is 14.3 Å². The van der Waals surface area contributed by atoms with E-state index >= 15 is 0 Å². The lowest BCUT2D eigenvalue weighted by molar-refractivity contribution is -0.122. The lowest BCUT2D eigenvalue weighted by Crippen LogP contribution is -2.38. The van der Waals surface area contributed by atoms with Crippen LogP contribution >= 0.6 is 0 Å². The standard InChI is InChI=1S/C29H35NO3/c1-5-6-15-33-26-10-8-7-9-22(26)23-18-27(32)30-24-16-20(17-25(31)28(23)24)19-11-13-21(14-12-19)29(2,3)4/h7-14,20,23H,5-6,15-18H2,1-4H3,(H,30,32). The molecule has 0 bridgehead atoms. The summed E-state index contributed by atoms with van der Waals surface area (Å²) in [4.78, 5) is 26.1. The summed E-state index contributed by atoms with van der Waals surface area (Å²) < 4.78 is 6.04. The van der Waals surface area contributed by atoms with Gasteiger partial charge in [0.1, 0.15) is 5.75 Å². The van der Waals surface area contributed by atoms with Crippen molar-refractivity contribution in [1.82, 2.24) is 5.32 Å². The van der Waals surface area contributed by atoms with Crippen LogP contribution in [0.25, 0.3) is 0 Å². The van der Waals surface area contributed by atoms with E-state index in [1.165, 1.54) is 5.56 Å². The molecule has 0 fully saturated rings. The van der Waals surface area contributed by atoms with Gasteiger partial charge in [0.2, 0.25) is 5.91 Å². The number of hydrogen-bond donors (Lipinski definition) is 1. The largest absolute Gasteiger partial charge is 0.493 e. The topological polar surface area (TPSA) is 55.4 Å². The Kier molecular flexibility index (Phi) is 6.73. The molecule has 0 saturated heterocycles. The van der Waals surface area contributed by atoms with Gasteiger partial charge in [-0.1, -0.05) is 76.6 Å². The summed E-state index contributed by atoms with van der Waals surface area (Å²) in [7, 11) is 0. The zero-order chi connectivity index (χ0) is 23.6. The monoisotopic (exact) mass is 445 g/mol. The second-order valence-electron chi connectivity index (χ2n) is 10.3. The Morgan fingerprint density at radius 2 is 1.70 bits per heavy atom. The normalized spacial score (nSPS) is 21.0. The molecule has 4 heteroatoms. The highest BCUT2D eigenvalue weighted by atomic mass is 16.5. The van der Waals surface area contributed by atoms with Crippen molar-refractivity contribution in [3.63, 3.8) is 0 Å². The number of nitrogens with one attached hydrogen (secondary N) is 1. The van der Waals surface area contributed by atoms with Crippen LogP contribution in [0.15, 0.2) is 59.8 Å². The molecule has 2 aromatic rings. The fourth-order valence-corrected chi connectivity index (χ4v) is 4.94. The minimum absolute atomic E-state index is 0.0290. The van der Waals surface area contributed by atoms with E-state index in [0.717, 1.165) is 41.0 Å². The van der Waals surface area contributed by atoms with Gasteiger partial charge in [0.15, 0.2) is 5.78 Å². The average molecular weight is 446 g/mol. The van der Waals surface area contributed by atoms with Crippen LogP contribution in [0.2, 0.25) is 0 Å².